The smallest absolute Gasteiger partial charge is 0.550 e. The van der Waals surface area contributed by atoms with Crippen molar-refractivity contribution in [2.75, 3.05) is 12.4 Å². The summed E-state index contributed by atoms with van der Waals surface area (Å²) < 4.78 is 1.73. The van der Waals surface area contributed by atoms with Crippen molar-refractivity contribution in [3.63, 3.8) is 0 Å². The summed E-state index contributed by atoms with van der Waals surface area (Å²) in [5, 5.41) is 22.8. The van der Waals surface area contributed by atoms with Gasteiger partial charge in [-0.25, -0.2) is 4.68 Å². The van der Waals surface area contributed by atoms with Crippen molar-refractivity contribution < 1.29 is 49.0 Å². The molecule has 0 saturated carbocycles. The molecule has 2 amide bonds. The largest absolute Gasteiger partial charge is 1.00 e. The number of rotatable bonds is 10. The van der Waals surface area contributed by atoms with Gasteiger partial charge in [-0.3, -0.25) is 9.59 Å². The molecule has 37 heavy (non-hydrogen) atoms. The van der Waals surface area contributed by atoms with E-state index in [0.29, 0.717) is 0 Å². The van der Waals surface area contributed by atoms with Crippen molar-refractivity contribution >= 4 is 40.3 Å². The number of carbonyl (C=O) groups is 3. The third-order valence-corrected chi connectivity index (χ3v) is 6.63. The minimum atomic E-state index is -1.23. The van der Waals surface area contributed by atoms with E-state index in [1.807, 2.05) is 66.7 Å². The fourth-order valence-corrected chi connectivity index (χ4v) is 4.72. The van der Waals surface area contributed by atoms with Gasteiger partial charge in [-0.15, -0.1) is 11.8 Å². The van der Waals surface area contributed by atoms with Gasteiger partial charge < -0.3 is 20.5 Å². The van der Waals surface area contributed by atoms with E-state index in [0.717, 1.165) is 27.7 Å². The molecule has 4 aromatic rings. The molecule has 0 aliphatic rings. The van der Waals surface area contributed by atoms with Crippen LogP contribution < -0.4 is 45.3 Å². The summed E-state index contributed by atoms with van der Waals surface area (Å²) >= 11 is 1.23. The molecule has 1 aromatic heterocycles. The molecule has 1 atom stereocenters. The Balaban J connectivity index is 0.00000380. The van der Waals surface area contributed by atoms with Crippen molar-refractivity contribution in [2.45, 2.75) is 18.6 Å². The average Bonchev–Trinajstić information content (AvgIpc) is 3.32. The maximum atomic E-state index is 13.0. The molecule has 1 heterocycles. The first kappa shape index (κ1) is 28.5. The minimum Gasteiger partial charge on any atom is -0.550 e. The number of aromatic nitrogens is 2. The normalized spacial score (nSPS) is 11.4. The number of nitrogens with one attached hydrogen (secondary N) is 2. The number of thioether (sulfide) groups is 1. The fourth-order valence-electron chi connectivity index (χ4n) is 3.75. The maximum Gasteiger partial charge on any atom is 1.00 e. The van der Waals surface area contributed by atoms with Gasteiger partial charge in [-0.2, -0.15) is 5.10 Å². The zero-order chi connectivity index (χ0) is 25.5. The van der Waals surface area contributed by atoms with Crippen molar-refractivity contribution in [3.05, 3.63) is 84.6 Å². The molecule has 0 radical (unpaired) electrons. The van der Waals surface area contributed by atoms with Gasteiger partial charge in [0.2, 0.25) is 5.91 Å². The molecule has 0 aliphatic heterocycles. The van der Waals surface area contributed by atoms with Gasteiger partial charge in [0.15, 0.2) is 5.69 Å². The zero-order valence-electron chi connectivity index (χ0n) is 20.6. The molecule has 0 spiro atoms. The molecule has 2 N–H and O–H groups in total. The Bertz CT molecular complexity index is 1390. The molecular weight excluding hydrogens is 499 g/mol. The monoisotopic (exact) mass is 524 g/mol. The summed E-state index contributed by atoms with van der Waals surface area (Å²) in [4.78, 5) is 35.3. The van der Waals surface area contributed by atoms with Crippen LogP contribution in [0.15, 0.2) is 78.9 Å². The number of carboxylic acids is 1. The molecule has 0 aliphatic carbocycles. The number of fused-ring (bicyclic) bond motifs is 1. The molecule has 0 unspecified atom stereocenters. The van der Waals surface area contributed by atoms with E-state index in [-0.39, 0.29) is 60.0 Å². The second kappa shape index (κ2) is 13.4. The molecule has 8 nitrogen and oxygen atoms in total. The van der Waals surface area contributed by atoms with Crippen LogP contribution in [-0.2, 0) is 9.59 Å². The van der Waals surface area contributed by atoms with Crippen LogP contribution in [0.1, 0.15) is 23.8 Å². The van der Waals surface area contributed by atoms with Crippen LogP contribution in [0, 0.1) is 0 Å². The number of carboxylic acid groups (broad SMARTS) is 1. The van der Waals surface area contributed by atoms with Crippen LogP contribution in [-0.4, -0.2) is 45.2 Å². The first-order valence-electron chi connectivity index (χ1n) is 11.4. The third kappa shape index (κ3) is 7.69. The minimum absolute atomic E-state index is 0. The maximum absolute atomic E-state index is 13.0. The van der Waals surface area contributed by atoms with Crippen molar-refractivity contribution in [3.8, 4) is 16.9 Å². The van der Waals surface area contributed by atoms with Gasteiger partial charge in [0, 0.05) is 36.7 Å². The van der Waals surface area contributed by atoms with Crippen LogP contribution in [0.2, 0.25) is 0 Å². The second-order valence-corrected chi connectivity index (χ2v) is 9.46. The van der Waals surface area contributed by atoms with E-state index in [4.69, 9.17) is 0 Å². The van der Waals surface area contributed by atoms with Gasteiger partial charge in [-0.1, -0.05) is 54.6 Å². The molecule has 10 heteroatoms. The van der Waals surface area contributed by atoms with E-state index in [1.165, 1.54) is 18.7 Å². The van der Waals surface area contributed by atoms with Gasteiger partial charge in [-0.05, 0) is 35.0 Å². The van der Waals surface area contributed by atoms with E-state index >= 15 is 0 Å². The average molecular weight is 525 g/mol. The quantitative estimate of drug-likeness (QED) is 0.219. The van der Waals surface area contributed by atoms with Crippen LogP contribution in [0.4, 0.5) is 0 Å². The Labute approximate surface area is 241 Å². The Hall–Kier alpha value is -3.11. The number of nitrogens with zero attached hydrogens (tertiary/aromatic N) is 2. The Morgan fingerprint density at radius 3 is 2.35 bits per heavy atom. The van der Waals surface area contributed by atoms with E-state index < -0.39 is 17.1 Å². The summed E-state index contributed by atoms with van der Waals surface area (Å²) in [6.07, 6.45) is -0.259. The summed E-state index contributed by atoms with van der Waals surface area (Å²) in [6.45, 7) is 1.47. The Kier molecular flexibility index (Phi) is 10.3. The number of benzene rings is 3. The number of para-hydroxylation sites is 1. The molecule has 0 bridgehead atoms. The fraction of sp³-hybridized carbons (Fsp3) is 0.185. The molecule has 4 rings (SSSR count). The molecule has 0 fully saturated rings. The van der Waals surface area contributed by atoms with Gasteiger partial charge in [0.1, 0.15) is 0 Å². The summed E-state index contributed by atoms with van der Waals surface area (Å²) in [5.74, 6) is -1.63. The van der Waals surface area contributed by atoms with Crippen LogP contribution >= 0.6 is 11.8 Å². The number of aliphatic carboxylic acids is 1. The standard InChI is InChI=1S/C27H26N4O4S.Na/c1-18(32)29-17-36-23(14-26(33)34)16-28-27(35)24-15-25(31(30-24)22-9-3-2-4-10-22)21-12-11-19-7-5-6-8-20(19)13-21;/h2-13,15,23H,14,16-17H2,1H3,(H,28,35)(H,29,32)(H,33,34);/q;+1/p-1/t23-;/m0./s1. The number of carbonyl (C=O) groups excluding carboxylic acids is 3. The Morgan fingerprint density at radius 1 is 0.946 bits per heavy atom. The van der Waals surface area contributed by atoms with Crippen LogP contribution in [0.25, 0.3) is 27.7 Å². The van der Waals surface area contributed by atoms with Crippen LogP contribution in [0.3, 0.4) is 0 Å². The van der Waals surface area contributed by atoms with Gasteiger partial charge in [0.05, 0.1) is 17.3 Å². The van der Waals surface area contributed by atoms with E-state index in [2.05, 4.69) is 21.8 Å². The summed E-state index contributed by atoms with van der Waals surface area (Å²) in [5.41, 5.74) is 2.68. The summed E-state index contributed by atoms with van der Waals surface area (Å²) in [7, 11) is 0. The van der Waals surface area contributed by atoms with Gasteiger partial charge in [0.25, 0.3) is 5.91 Å². The van der Waals surface area contributed by atoms with Crippen molar-refractivity contribution in [1.29, 1.82) is 0 Å². The topological polar surface area (TPSA) is 116 Å². The van der Waals surface area contributed by atoms with Crippen molar-refractivity contribution in [2.24, 2.45) is 0 Å². The van der Waals surface area contributed by atoms with Gasteiger partial charge >= 0.3 is 29.6 Å². The van der Waals surface area contributed by atoms with E-state index in [9.17, 15) is 19.5 Å². The predicted molar refractivity (Wildman–Crippen MR) is 139 cm³/mol. The Morgan fingerprint density at radius 2 is 1.65 bits per heavy atom. The molecular formula is C27H25N4NaO4S. The first-order valence-corrected chi connectivity index (χ1v) is 12.4. The molecule has 184 valence electrons. The number of hydrogen-bond donors (Lipinski definition) is 2. The third-order valence-electron chi connectivity index (χ3n) is 5.51. The van der Waals surface area contributed by atoms with Crippen LogP contribution in [0.5, 0.6) is 0 Å². The number of hydrogen-bond acceptors (Lipinski definition) is 6. The van der Waals surface area contributed by atoms with E-state index in [1.54, 1.807) is 10.7 Å². The molecule has 0 saturated heterocycles. The number of amides is 2. The summed E-state index contributed by atoms with van der Waals surface area (Å²) in [6, 6.07) is 25.4. The zero-order valence-corrected chi connectivity index (χ0v) is 23.5. The van der Waals surface area contributed by atoms with Crippen molar-refractivity contribution in [1.82, 2.24) is 20.4 Å². The SMILES string of the molecule is CC(=O)NCS[C@H](CNC(=O)c1cc(-c2ccc3ccccc3c2)n(-c2ccccc2)n1)CC(=O)[O-].[Na+]. The second-order valence-electron chi connectivity index (χ2n) is 8.18. The predicted octanol–water partition coefficient (Wildman–Crippen LogP) is -0.238. The first-order chi connectivity index (χ1) is 17.4. The molecule has 3 aromatic carbocycles.